The van der Waals surface area contributed by atoms with Gasteiger partial charge >= 0.3 is 0 Å². The molecule has 3 unspecified atom stereocenters. The summed E-state index contributed by atoms with van der Waals surface area (Å²) in [6, 6.07) is 10.8. The van der Waals surface area contributed by atoms with Crippen molar-refractivity contribution < 1.29 is 4.79 Å². The number of piperidine rings is 1. The Morgan fingerprint density at radius 2 is 2.00 bits per heavy atom. The van der Waals surface area contributed by atoms with Crippen LogP contribution in [-0.4, -0.2) is 49.4 Å². The van der Waals surface area contributed by atoms with Gasteiger partial charge in [-0.25, -0.2) is 0 Å². The number of amides is 1. The van der Waals surface area contributed by atoms with E-state index in [1.165, 1.54) is 5.56 Å². The number of nitrogens with two attached hydrogens (primary N) is 1. The molecule has 1 aliphatic heterocycles. The molecule has 2 N–H and O–H groups in total. The molecule has 21 heavy (non-hydrogen) atoms. The highest BCUT2D eigenvalue weighted by Gasteiger charge is 2.31. The van der Waals surface area contributed by atoms with Crippen molar-refractivity contribution in [1.82, 2.24) is 9.80 Å². The molecule has 0 bridgehead atoms. The quantitative estimate of drug-likeness (QED) is 0.920. The molecule has 1 saturated heterocycles. The fourth-order valence-electron chi connectivity index (χ4n) is 3.20. The van der Waals surface area contributed by atoms with Crippen LogP contribution >= 0.6 is 0 Å². The average molecular weight is 289 g/mol. The van der Waals surface area contributed by atoms with Crippen molar-refractivity contribution in [3.05, 3.63) is 35.9 Å². The Labute approximate surface area is 127 Å². The first-order chi connectivity index (χ1) is 9.99. The highest BCUT2D eigenvalue weighted by molar-refractivity contribution is 5.78. The third-order valence-electron chi connectivity index (χ3n) is 4.52. The molecule has 116 valence electrons. The molecule has 1 heterocycles. The van der Waals surface area contributed by atoms with Gasteiger partial charge in [0.15, 0.2) is 0 Å². The molecule has 1 amide bonds. The third kappa shape index (κ3) is 4.05. The fraction of sp³-hybridized carbons (Fsp3) is 0.588. The van der Waals surface area contributed by atoms with Crippen molar-refractivity contribution in [3.63, 3.8) is 0 Å². The molecule has 3 atom stereocenters. The zero-order chi connectivity index (χ0) is 15.4. The van der Waals surface area contributed by atoms with Crippen molar-refractivity contribution in [2.24, 2.45) is 11.7 Å². The molecule has 1 aromatic carbocycles. The maximum absolute atomic E-state index is 12.1. The van der Waals surface area contributed by atoms with E-state index < -0.39 is 0 Å². The van der Waals surface area contributed by atoms with Gasteiger partial charge in [-0.15, -0.1) is 0 Å². The Bertz CT molecular complexity index is 460. The van der Waals surface area contributed by atoms with Gasteiger partial charge in [-0.2, -0.15) is 0 Å². The molecule has 0 radical (unpaired) electrons. The molecule has 0 aliphatic carbocycles. The molecule has 0 aromatic heterocycles. The van der Waals surface area contributed by atoms with Gasteiger partial charge in [0.25, 0.3) is 0 Å². The summed E-state index contributed by atoms with van der Waals surface area (Å²) in [7, 11) is 5.77. The minimum absolute atomic E-state index is 0.0692. The summed E-state index contributed by atoms with van der Waals surface area (Å²) in [5.74, 6) is 0.377. The van der Waals surface area contributed by atoms with Crippen LogP contribution in [0.3, 0.4) is 0 Å². The number of rotatable bonds is 4. The van der Waals surface area contributed by atoms with Crippen LogP contribution in [0.5, 0.6) is 0 Å². The minimum Gasteiger partial charge on any atom is -0.349 e. The van der Waals surface area contributed by atoms with Crippen LogP contribution in [0.4, 0.5) is 0 Å². The molecule has 1 fully saturated rings. The van der Waals surface area contributed by atoms with E-state index in [1.807, 2.05) is 32.3 Å². The Morgan fingerprint density at radius 3 is 2.57 bits per heavy atom. The molecule has 2 rings (SSSR count). The van der Waals surface area contributed by atoms with E-state index in [2.05, 4.69) is 24.1 Å². The molecule has 1 aromatic rings. The van der Waals surface area contributed by atoms with Crippen LogP contribution < -0.4 is 5.73 Å². The Kier molecular flexibility index (Phi) is 5.37. The van der Waals surface area contributed by atoms with E-state index in [0.717, 1.165) is 25.8 Å². The summed E-state index contributed by atoms with van der Waals surface area (Å²) < 4.78 is 0. The van der Waals surface area contributed by atoms with Gasteiger partial charge in [-0.05, 0) is 31.9 Å². The van der Waals surface area contributed by atoms with Gasteiger partial charge in [0.05, 0.1) is 5.92 Å². The first kappa shape index (κ1) is 16.0. The molecule has 4 heteroatoms. The SMILES string of the molecule is CN(C)C(=O)C1CCC(CC(N)c2ccccc2)N(C)C1. The number of likely N-dealkylation sites (tertiary alicyclic amines) is 1. The van der Waals surface area contributed by atoms with E-state index in [9.17, 15) is 4.79 Å². The smallest absolute Gasteiger partial charge is 0.226 e. The van der Waals surface area contributed by atoms with Crippen molar-refractivity contribution in [2.75, 3.05) is 27.7 Å². The lowest BCUT2D eigenvalue weighted by Gasteiger charge is -2.38. The van der Waals surface area contributed by atoms with Crippen molar-refractivity contribution in [1.29, 1.82) is 0 Å². The van der Waals surface area contributed by atoms with Gasteiger partial charge in [0.1, 0.15) is 0 Å². The number of carbonyl (C=O) groups excluding carboxylic acids is 1. The highest BCUT2D eigenvalue weighted by Crippen LogP contribution is 2.27. The minimum atomic E-state index is 0.0692. The lowest BCUT2D eigenvalue weighted by molar-refractivity contribution is -0.135. The van der Waals surface area contributed by atoms with Crippen LogP contribution in [0, 0.1) is 5.92 Å². The lowest BCUT2D eigenvalue weighted by Crippen LogP contribution is -2.46. The van der Waals surface area contributed by atoms with Gasteiger partial charge in [-0.3, -0.25) is 4.79 Å². The largest absolute Gasteiger partial charge is 0.349 e. The zero-order valence-corrected chi connectivity index (χ0v) is 13.3. The summed E-state index contributed by atoms with van der Waals surface area (Å²) in [6.07, 6.45) is 2.96. The predicted octanol–water partition coefficient (Wildman–Crippen LogP) is 1.88. The van der Waals surface area contributed by atoms with E-state index in [4.69, 9.17) is 5.73 Å². The second kappa shape index (κ2) is 7.05. The standard InChI is InChI=1S/C17H27N3O/c1-19(2)17(21)14-9-10-15(20(3)12-14)11-16(18)13-7-5-4-6-8-13/h4-8,14-16H,9-12,18H2,1-3H3. The summed E-state index contributed by atoms with van der Waals surface area (Å²) in [4.78, 5) is 16.1. The van der Waals surface area contributed by atoms with Crippen LogP contribution in [0.1, 0.15) is 30.9 Å². The summed E-state index contributed by atoms with van der Waals surface area (Å²) in [5.41, 5.74) is 7.52. The van der Waals surface area contributed by atoms with Crippen molar-refractivity contribution in [3.8, 4) is 0 Å². The first-order valence-electron chi connectivity index (χ1n) is 7.71. The van der Waals surface area contributed by atoms with Crippen molar-refractivity contribution in [2.45, 2.75) is 31.3 Å². The predicted molar refractivity (Wildman–Crippen MR) is 85.8 cm³/mol. The average Bonchev–Trinajstić information content (AvgIpc) is 2.49. The Morgan fingerprint density at radius 1 is 1.33 bits per heavy atom. The summed E-state index contributed by atoms with van der Waals surface area (Å²) >= 11 is 0. The maximum atomic E-state index is 12.1. The first-order valence-corrected chi connectivity index (χ1v) is 7.71. The van der Waals surface area contributed by atoms with Gasteiger partial charge < -0.3 is 15.5 Å². The van der Waals surface area contributed by atoms with Crippen LogP contribution in [0.25, 0.3) is 0 Å². The molecule has 0 spiro atoms. The van der Waals surface area contributed by atoms with E-state index >= 15 is 0 Å². The molecular weight excluding hydrogens is 262 g/mol. The maximum Gasteiger partial charge on any atom is 0.226 e. The Hall–Kier alpha value is -1.39. The molecular formula is C17H27N3O. The number of hydrogen-bond acceptors (Lipinski definition) is 3. The second-order valence-corrected chi connectivity index (χ2v) is 6.35. The normalized spacial score (nSPS) is 24.6. The van der Waals surface area contributed by atoms with Crippen molar-refractivity contribution >= 4 is 5.91 Å². The number of hydrogen-bond donors (Lipinski definition) is 1. The van der Waals surface area contributed by atoms with E-state index in [-0.39, 0.29) is 17.9 Å². The van der Waals surface area contributed by atoms with E-state index in [0.29, 0.717) is 6.04 Å². The molecule has 4 nitrogen and oxygen atoms in total. The zero-order valence-electron chi connectivity index (χ0n) is 13.3. The second-order valence-electron chi connectivity index (χ2n) is 6.35. The lowest BCUT2D eigenvalue weighted by atomic mass is 9.88. The third-order valence-corrected chi connectivity index (χ3v) is 4.52. The van der Waals surface area contributed by atoms with Crippen LogP contribution in [-0.2, 0) is 4.79 Å². The number of carbonyl (C=O) groups is 1. The topological polar surface area (TPSA) is 49.6 Å². The highest BCUT2D eigenvalue weighted by atomic mass is 16.2. The van der Waals surface area contributed by atoms with Crippen LogP contribution in [0.15, 0.2) is 30.3 Å². The summed E-state index contributed by atoms with van der Waals surface area (Å²) in [6.45, 7) is 0.836. The number of benzene rings is 1. The number of nitrogens with zero attached hydrogens (tertiary/aromatic N) is 2. The van der Waals surface area contributed by atoms with E-state index in [1.54, 1.807) is 4.90 Å². The monoisotopic (exact) mass is 289 g/mol. The van der Waals surface area contributed by atoms with Crippen LogP contribution in [0.2, 0.25) is 0 Å². The Balaban J connectivity index is 1.91. The fourth-order valence-corrected chi connectivity index (χ4v) is 3.20. The van der Waals surface area contributed by atoms with Gasteiger partial charge in [0.2, 0.25) is 5.91 Å². The summed E-state index contributed by atoms with van der Waals surface area (Å²) in [5, 5.41) is 0. The molecule has 0 saturated carbocycles. The van der Waals surface area contributed by atoms with Gasteiger partial charge in [0, 0.05) is 32.7 Å². The van der Waals surface area contributed by atoms with Gasteiger partial charge in [-0.1, -0.05) is 30.3 Å². The molecule has 1 aliphatic rings.